The summed E-state index contributed by atoms with van der Waals surface area (Å²) in [7, 11) is 1.58. The number of hydrogen-bond donors (Lipinski definition) is 4. The third-order valence-electron chi connectivity index (χ3n) is 8.22. The van der Waals surface area contributed by atoms with Crippen LogP contribution in [0.5, 0.6) is 5.88 Å². The van der Waals surface area contributed by atoms with Crippen LogP contribution in [0.1, 0.15) is 91.0 Å². The lowest BCUT2D eigenvalue weighted by Crippen LogP contribution is -2.37. The number of nitrogens with one attached hydrogen (secondary N) is 3. The number of pyridine rings is 1. The van der Waals surface area contributed by atoms with Crippen LogP contribution in [0.2, 0.25) is 0 Å². The smallest absolute Gasteiger partial charge is 0.225 e. The zero-order valence-electron chi connectivity index (χ0n) is 25.2. The Hall–Kier alpha value is -2.52. The van der Waals surface area contributed by atoms with Crippen molar-refractivity contribution in [1.29, 1.82) is 0 Å². The Morgan fingerprint density at radius 1 is 1.15 bits per heavy atom. The molecule has 8 nitrogen and oxygen atoms in total. The molecule has 1 aliphatic carbocycles. The van der Waals surface area contributed by atoms with Crippen molar-refractivity contribution in [3.05, 3.63) is 35.9 Å². The number of hydrogen-bond acceptors (Lipinski definition) is 8. The zero-order chi connectivity index (χ0) is 29.0. The van der Waals surface area contributed by atoms with Crippen molar-refractivity contribution in [3.8, 4) is 5.88 Å². The fourth-order valence-electron chi connectivity index (χ4n) is 5.66. The van der Waals surface area contributed by atoms with Crippen LogP contribution in [0.3, 0.4) is 0 Å². The number of anilines is 2. The van der Waals surface area contributed by atoms with Crippen LogP contribution in [0.15, 0.2) is 24.5 Å². The van der Waals surface area contributed by atoms with Gasteiger partial charge in [0.15, 0.2) is 11.6 Å². The predicted octanol–water partition coefficient (Wildman–Crippen LogP) is 6.19. The highest BCUT2D eigenvalue weighted by Gasteiger charge is 2.28. The lowest BCUT2D eigenvalue weighted by Gasteiger charge is -2.33. The van der Waals surface area contributed by atoms with E-state index in [0.29, 0.717) is 48.7 Å². The Labute approximate surface area is 240 Å². The van der Waals surface area contributed by atoms with Gasteiger partial charge in [-0.2, -0.15) is 4.98 Å². The van der Waals surface area contributed by atoms with Gasteiger partial charge in [0.2, 0.25) is 11.8 Å². The third kappa shape index (κ3) is 10.8. The second-order valence-corrected chi connectivity index (χ2v) is 12.1. The number of aromatic nitrogens is 3. The molecule has 0 amide bonds. The highest BCUT2D eigenvalue weighted by molar-refractivity contribution is 5.42. The number of nitrogens with zero attached hydrogens (tertiary/aromatic N) is 3. The molecule has 0 radical (unpaired) electrons. The highest BCUT2D eigenvalue weighted by Crippen LogP contribution is 2.31. The molecule has 3 atom stereocenters. The monoisotopic (exact) mass is 558 g/mol. The molecule has 1 saturated carbocycles. The molecule has 224 valence electrons. The Kier molecular flexibility index (Phi) is 12.8. The molecule has 0 bridgehead atoms. The van der Waals surface area contributed by atoms with Gasteiger partial charge in [-0.3, -0.25) is 0 Å². The van der Waals surface area contributed by atoms with Crippen molar-refractivity contribution >= 4 is 11.8 Å². The Morgan fingerprint density at radius 3 is 2.65 bits per heavy atom. The summed E-state index contributed by atoms with van der Waals surface area (Å²) < 4.78 is 19.8. The van der Waals surface area contributed by atoms with Crippen molar-refractivity contribution < 1.29 is 14.2 Å². The van der Waals surface area contributed by atoms with E-state index in [1.807, 2.05) is 19.1 Å². The van der Waals surface area contributed by atoms with Crippen LogP contribution < -0.4 is 20.7 Å². The van der Waals surface area contributed by atoms with E-state index in [-0.39, 0.29) is 5.82 Å². The number of halogens is 1. The molecule has 2 aromatic heterocycles. The number of methoxy groups -OCH3 is 1. The van der Waals surface area contributed by atoms with Gasteiger partial charge in [-0.05, 0) is 89.2 Å². The largest absolute Gasteiger partial charge is 0.481 e. The van der Waals surface area contributed by atoms with E-state index in [9.17, 15) is 9.50 Å². The summed E-state index contributed by atoms with van der Waals surface area (Å²) in [5, 5.41) is 20.3. The Balaban J connectivity index is 1.41. The van der Waals surface area contributed by atoms with E-state index >= 15 is 0 Å². The average molecular weight is 559 g/mol. The van der Waals surface area contributed by atoms with Crippen molar-refractivity contribution in [2.24, 2.45) is 17.8 Å². The van der Waals surface area contributed by atoms with E-state index in [4.69, 9.17) is 4.74 Å². The van der Waals surface area contributed by atoms with Gasteiger partial charge in [-0.15, -0.1) is 0 Å². The molecule has 2 heterocycles. The number of ether oxygens (including phenoxy) is 1. The first kappa shape index (κ1) is 32.0. The van der Waals surface area contributed by atoms with Gasteiger partial charge in [-0.25, -0.2) is 14.4 Å². The normalized spacial score (nSPS) is 21.4. The standard InChI is InChI=1S/C31H51FN6O2/c1-6-8-24(11-10-23(3)34-19-25-12-14-31(4,39)15-13-25)17-22(2)18-35-28-27(32)21-37-30(38-28)36-20-26-9-7-16-33-29(26)40-5/h7,9,16,21-25,34,39H,6,8,10-15,17-20H2,1-5H3,(H2,35,36,37,38)/t22-,23-,24?,25-,31-/m0/s1. The highest BCUT2D eigenvalue weighted by atomic mass is 19.1. The van der Waals surface area contributed by atoms with E-state index in [2.05, 4.69) is 51.7 Å². The molecule has 0 saturated heterocycles. The lowest BCUT2D eigenvalue weighted by atomic mass is 9.80. The van der Waals surface area contributed by atoms with Gasteiger partial charge < -0.3 is 25.8 Å². The number of aliphatic hydroxyl groups is 1. The summed E-state index contributed by atoms with van der Waals surface area (Å²) in [6, 6.07) is 4.24. The minimum atomic E-state index is -0.464. The summed E-state index contributed by atoms with van der Waals surface area (Å²) in [6.07, 6.45) is 12.8. The second-order valence-electron chi connectivity index (χ2n) is 12.1. The summed E-state index contributed by atoms with van der Waals surface area (Å²) in [4.78, 5) is 12.6. The maximum Gasteiger partial charge on any atom is 0.225 e. The van der Waals surface area contributed by atoms with Crippen LogP contribution >= 0.6 is 0 Å². The first-order valence-corrected chi connectivity index (χ1v) is 15.1. The Bertz CT molecular complexity index is 1010. The van der Waals surface area contributed by atoms with E-state index in [1.54, 1.807) is 13.3 Å². The second kappa shape index (κ2) is 16.1. The minimum absolute atomic E-state index is 0.219. The molecule has 1 fully saturated rings. The maximum absolute atomic E-state index is 14.5. The summed E-state index contributed by atoms with van der Waals surface area (Å²) >= 11 is 0. The van der Waals surface area contributed by atoms with Gasteiger partial charge >= 0.3 is 0 Å². The Morgan fingerprint density at radius 2 is 1.93 bits per heavy atom. The van der Waals surface area contributed by atoms with Gasteiger partial charge in [-0.1, -0.05) is 32.8 Å². The van der Waals surface area contributed by atoms with Crippen LogP contribution in [0, 0.1) is 23.6 Å². The van der Waals surface area contributed by atoms with Crippen LogP contribution in [-0.4, -0.2) is 51.9 Å². The van der Waals surface area contributed by atoms with Crippen LogP contribution in [0.25, 0.3) is 0 Å². The first-order chi connectivity index (χ1) is 19.2. The quantitative estimate of drug-likeness (QED) is 0.182. The van der Waals surface area contributed by atoms with Crippen LogP contribution in [0.4, 0.5) is 16.2 Å². The third-order valence-corrected chi connectivity index (χ3v) is 8.22. The maximum atomic E-state index is 14.5. The van der Waals surface area contributed by atoms with Crippen LogP contribution in [-0.2, 0) is 6.54 Å². The first-order valence-electron chi connectivity index (χ1n) is 15.1. The lowest BCUT2D eigenvalue weighted by molar-refractivity contribution is 0.00791. The van der Waals surface area contributed by atoms with Gasteiger partial charge in [0, 0.05) is 30.9 Å². The molecular weight excluding hydrogens is 507 g/mol. The molecular formula is C31H51FN6O2. The van der Waals surface area contributed by atoms with Gasteiger partial charge in [0.25, 0.3) is 0 Å². The van der Waals surface area contributed by atoms with Crippen molar-refractivity contribution in [3.63, 3.8) is 0 Å². The van der Waals surface area contributed by atoms with E-state index in [0.717, 1.165) is 50.6 Å². The molecule has 0 spiro atoms. The average Bonchev–Trinajstić information content (AvgIpc) is 2.94. The van der Waals surface area contributed by atoms with E-state index < -0.39 is 11.4 Å². The van der Waals surface area contributed by atoms with Gasteiger partial charge in [0.05, 0.1) is 18.9 Å². The summed E-state index contributed by atoms with van der Waals surface area (Å²) in [6.45, 7) is 10.9. The van der Waals surface area contributed by atoms with Crippen molar-refractivity contribution in [1.82, 2.24) is 20.3 Å². The summed E-state index contributed by atoms with van der Waals surface area (Å²) in [5.41, 5.74) is 0.407. The molecule has 9 heteroatoms. The van der Waals surface area contributed by atoms with Crippen molar-refractivity contribution in [2.45, 2.75) is 104 Å². The molecule has 3 rings (SSSR count). The molecule has 40 heavy (non-hydrogen) atoms. The molecule has 0 aromatic carbocycles. The topological polar surface area (TPSA) is 104 Å². The van der Waals surface area contributed by atoms with Gasteiger partial charge in [0.1, 0.15) is 0 Å². The fourth-order valence-corrected chi connectivity index (χ4v) is 5.66. The predicted molar refractivity (Wildman–Crippen MR) is 160 cm³/mol. The molecule has 4 N–H and O–H groups in total. The zero-order valence-corrected chi connectivity index (χ0v) is 25.2. The van der Waals surface area contributed by atoms with E-state index in [1.165, 1.54) is 25.5 Å². The summed E-state index contributed by atoms with van der Waals surface area (Å²) in [5.74, 6) is 2.37. The number of rotatable bonds is 17. The van der Waals surface area contributed by atoms with Crippen molar-refractivity contribution in [2.75, 3.05) is 30.8 Å². The SMILES string of the molecule is CCCC(CC[C@H](C)NC[C@H]1CC[C@](C)(O)CC1)C[C@H](C)CNc1nc(NCc2cccnc2OC)ncc1F. The molecule has 0 aliphatic heterocycles. The molecule has 1 unspecified atom stereocenters. The fraction of sp³-hybridized carbons (Fsp3) is 0.710. The molecule has 1 aliphatic rings. The minimum Gasteiger partial charge on any atom is -0.481 e. The molecule has 2 aromatic rings.